The topological polar surface area (TPSA) is 127 Å². The highest BCUT2D eigenvalue weighted by atomic mass is 32.1. The van der Waals surface area contributed by atoms with E-state index in [2.05, 4.69) is 0 Å². The van der Waals surface area contributed by atoms with Crippen molar-refractivity contribution in [2.45, 2.75) is 0 Å². The zero-order valence-electron chi connectivity index (χ0n) is 11.1. The maximum atomic E-state index is 10.3. The molecule has 0 atom stereocenters. The van der Waals surface area contributed by atoms with Crippen LogP contribution in [0.15, 0.2) is 47.8 Å². The zero-order valence-corrected chi connectivity index (χ0v) is 12.8. The molecule has 0 saturated heterocycles. The molecule has 1 aliphatic carbocycles. The first-order valence-electron chi connectivity index (χ1n) is 5.82. The molecule has 0 unspecified atom stereocenters. The minimum absolute atomic E-state index is 0.0833. The van der Waals surface area contributed by atoms with Crippen molar-refractivity contribution in [1.29, 1.82) is 0 Å². The number of nitrogens with two attached hydrogens (primary N) is 2. The van der Waals surface area contributed by atoms with Gasteiger partial charge in [0.05, 0.1) is 32.3 Å². The smallest absolute Gasteiger partial charge is 0.335 e. The Kier molecular flexibility index (Phi) is 5.90. The predicted molar refractivity (Wildman–Crippen MR) is 90.1 cm³/mol. The molecule has 1 aromatic rings. The average molecular weight is 336 g/mol. The summed E-state index contributed by atoms with van der Waals surface area (Å²) in [5.41, 5.74) is 12.1. The summed E-state index contributed by atoms with van der Waals surface area (Å²) in [5.74, 6) is -2.13. The Labute approximate surface area is 136 Å². The molecule has 1 aromatic carbocycles. The summed E-state index contributed by atoms with van der Waals surface area (Å²) in [7, 11) is 0. The van der Waals surface area contributed by atoms with E-state index in [-0.39, 0.29) is 11.1 Å². The van der Waals surface area contributed by atoms with Crippen molar-refractivity contribution in [2.24, 2.45) is 11.5 Å². The van der Waals surface area contributed by atoms with E-state index in [0.29, 0.717) is 21.1 Å². The SMILES string of the molecule is NC1=CC(=S)C(N)=CC1=S.O=C(O)c1ccc(C(=O)O)cc1. The van der Waals surface area contributed by atoms with E-state index in [1.54, 1.807) is 12.2 Å². The number of allylic oxidation sites excluding steroid dienone is 2. The molecular formula is C14H12N2O4S2. The van der Waals surface area contributed by atoms with Gasteiger partial charge in [0.1, 0.15) is 0 Å². The van der Waals surface area contributed by atoms with Crippen LogP contribution in [0.4, 0.5) is 0 Å². The van der Waals surface area contributed by atoms with E-state index in [1.165, 1.54) is 24.3 Å². The monoisotopic (exact) mass is 336 g/mol. The molecule has 2 rings (SSSR count). The third-order valence-electron chi connectivity index (χ3n) is 2.52. The number of hydrogen-bond donors (Lipinski definition) is 4. The summed E-state index contributed by atoms with van der Waals surface area (Å²) >= 11 is 9.70. The van der Waals surface area contributed by atoms with Crippen LogP contribution in [0.25, 0.3) is 0 Å². The Hall–Kier alpha value is -2.58. The third-order valence-corrected chi connectivity index (χ3v) is 3.23. The minimum Gasteiger partial charge on any atom is -0.478 e. The quantitative estimate of drug-likeness (QED) is 0.599. The van der Waals surface area contributed by atoms with E-state index in [4.69, 9.17) is 46.1 Å². The van der Waals surface area contributed by atoms with Crippen LogP contribution in [0.5, 0.6) is 0 Å². The molecule has 0 radical (unpaired) electrons. The number of thiocarbonyl (C=S) groups is 2. The van der Waals surface area contributed by atoms with Crippen molar-refractivity contribution in [2.75, 3.05) is 0 Å². The van der Waals surface area contributed by atoms with Crippen LogP contribution in [0.1, 0.15) is 20.7 Å². The second kappa shape index (κ2) is 7.43. The highest BCUT2D eigenvalue weighted by Gasteiger charge is 2.08. The number of rotatable bonds is 2. The summed E-state index contributed by atoms with van der Waals surface area (Å²) in [6.45, 7) is 0. The molecule has 6 N–H and O–H groups in total. The molecule has 114 valence electrons. The Morgan fingerprint density at radius 3 is 1.27 bits per heavy atom. The zero-order chi connectivity index (χ0) is 16.9. The molecule has 0 amide bonds. The van der Waals surface area contributed by atoms with Crippen LogP contribution in [0.2, 0.25) is 0 Å². The molecular weight excluding hydrogens is 324 g/mol. The maximum absolute atomic E-state index is 10.3. The molecule has 1 aliphatic rings. The number of hydrogen-bond acceptors (Lipinski definition) is 6. The van der Waals surface area contributed by atoms with Crippen LogP contribution < -0.4 is 11.5 Å². The van der Waals surface area contributed by atoms with Gasteiger partial charge in [-0.1, -0.05) is 24.4 Å². The Balaban J connectivity index is 0.000000224. The van der Waals surface area contributed by atoms with Gasteiger partial charge in [-0.15, -0.1) is 0 Å². The van der Waals surface area contributed by atoms with Gasteiger partial charge in [-0.05, 0) is 36.4 Å². The van der Waals surface area contributed by atoms with Crippen LogP contribution >= 0.6 is 24.4 Å². The van der Waals surface area contributed by atoms with Crippen molar-refractivity contribution < 1.29 is 19.8 Å². The van der Waals surface area contributed by atoms with Crippen molar-refractivity contribution in [3.63, 3.8) is 0 Å². The van der Waals surface area contributed by atoms with E-state index in [1.807, 2.05) is 0 Å². The highest BCUT2D eigenvalue weighted by Crippen LogP contribution is 2.06. The maximum Gasteiger partial charge on any atom is 0.335 e. The van der Waals surface area contributed by atoms with Crippen molar-refractivity contribution in [3.05, 3.63) is 58.9 Å². The molecule has 8 heteroatoms. The van der Waals surface area contributed by atoms with Gasteiger partial charge < -0.3 is 21.7 Å². The summed E-state index contributed by atoms with van der Waals surface area (Å²) in [6.07, 6.45) is 3.21. The molecule has 0 fully saturated rings. The average Bonchev–Trinajstić information content (AvgIpc) is 2.46. The number of aromatic carboxylic acids is 2. The molecule has 6 nitrogen and oxygen atoms in total. The molecule has 0 spiro atoms. The second-order valence-corrected chi connectivity index (χ2v) is 5.00. The van der Waals surface area contributed by atoms with E-state index in [9.17, 15) is 9.59 Å². The van der Waals surface area contributed by atoms with Crippen LogP contribution in [-0.4, -0.2) is 31.9 Å². The fourth-order valence-corrected chi connectivity index (χ4v) is 1.72. The lowest BCUT2D eigenvalue weighted by Gasteiger charge is -2.07. The third kappa shape index (κ3) is 4.76. The normalized spacial score (nSPS) is 13.5. The highest BCUT2D eigenvalue weighted by molar-refractivity contribution is 7.82. The first-order chi connectivity index (χ1) is 10.2. The summed E-state index contributed by atoms with van der Waals surface area (Å²) in [6, 6.07) is 5.02. The fourth-order valence-electron chi connectivity index (χ4n) is 1.35. The van der Waals surface area contributed by atoms with Crippen LogP contribution in [0, 0.1) is 0 Å². The standard InChI is InChI=1S/C8H6O4.C6H6N2S2/c9-7(10)5-1-2-6(4-3-5)8(11)12;7-3-1-5(9)4(8)2-6(3)10/h1-4H,(H,9,10)(H,11,12);1-2H,7-8H2. The Morgan fingerprint density at radius 1 is 0.773 bits per heavy atom. The van der Waals surface area contributed by atoms with Gasteiger partial charge in [0.2, 0.25) is 0 Å². The van der Waals surface area contributed by atoms with Gasteiger partial charge in [-0.3, -0.25) is 0 Å². The van der Waals surface area contributed by atoms with Crippen molar-refractivity contribution in [3.8, 4) is 0 Å². The predicted octanol–water partition coefficient (Wildman–Crippen LogP) is 1.51. The van der Waals surface area contributed by atoms with Gasteiger partial charge >= 0.3 is 11.9 Å². The van der Waals surface area contributed by atoms with Crippen molar-refractivity contribution in [1.82, 2.24) is 0 Å². The van der Waals surface area contributed by atoms with E-state index < -0.39 is 11.9 Å². The minimum atomic E-state index is -1.06. The van der Waals surface area contributed by atoms with Gasteiger partial charge in [0.15, 0.2) is 0 Å². The Morgan fingerprint density at radius 2 is 1.05 bits per heavy atom. The van der Waals surface area contributed by atoms with Crippen molar-refractivity contribution >= 4 is 46.1 Å². The lowest BCUT2D eigenvalue weighted by Crippen LogP contribution is -2.19. The number of carbonyl (C=O) groups is 2. The second-order valence-electron chi connectivity index (χ2n) is 4.12. The summed E-state index contributed by atoms with van der Waals surface area (Å²) in [5, 5.41) is 16.9. The molecule has 0 saturated carbocycles. The lowest BCUT2D eigenvalue weighted by atomic mass is 10.1. The molecule has 0 bridgehead atoms. The van der Waals surface area contributed by atoms with Crippen LogP contribution in [-0.2, 0) is 0 Å². The summed E-state index contributed by atoms with van der Waals surface area (Å²) < 4.78 is 0. The number of carboxylic acid groups (broad SMARTS) is 2. The number of benzene rings is 1. The van der Waals surface area contributed by atoms with Gasteiger partial charge in [-0.2, -0.15) is 0 Å². The Bertz CT molecular complexity index is 645. The lowest BCUT2D eigenvalue weighted by molar-refractivity contribution is 0.0681. The van der Waals surface area contributed by atoms with Gasteiger partial charge in [-0.25, -0.2) is 9.59 Å². The van der Waals surface area contributed by atoms with Crippen LogP contribution in [0.3, 0.4) is 0 Å². The molecule has 0 aromatic heterocycles. The van der Waals surface area contributed by atoms with E-state index in [0.717, 1.165) is 0 Å². The fraction of sp³-hybridized carbons (Fsp3) is 0. The van der Waals surface area contributed by atoms with Gasteiger partial charge in [0, 0.05) is 0 Å². The first-order valence-corrected chi connectivity index (χ1v) is 6.63. The largest absolute Gasteiger partial charge is 0.478 e. The number of carboxylic acids is 2. The van der Waals surface area contributed by atoms with E-state index >= 15 is 0 Å². The van der Waals surface area contributed by atoms with Gasteiger partial charge in [0.25, 0.3) is 0 Å². The summed E-state index contributed by atoms with van der Waals surface area (Å²) in [4.78, 5) is 21.8. The first kappa shape index (κ1) is 17.5. The molecule has 0 heterocycles. The molecule has 22 heavy (non-hydrogen) atoms. The molecule has 0 aliphatic heterocycles.